The number of rotatable bonds is 9. The van der Waals surface area contributed by atoms with Gasteiger partial charge in [-0.05, 0) is 49.2 Å². The highest BCUT2D eigenvalue weighted by atomic mass is 32.1. The van der Waals surface area contributed by atoms with Gasteiger partial charge in [-0.2, -0.15) is 0 Å². The molecule has 0 aliphatic heterocycles. The molecule has 1 N–H and O–H groups in total. The Balaban J connectivity index is 1.45. The van der Waals surface area contributed by atoms with Crippen LogP contribution in [0.15, 0.2) is 54.4 Å². The number of aromatic nitrogens is 4. The molecule has 0 atom stereocenters. The molecule has 0 aliphatic carbocycles. The average molecular weight is 478 g/mol. The zero-order valence-corrected chi connectivity index (χ0v) is 19.8. The summed E-state index contributed by atoms with van der Waals surface area (Å²) >= 11 is 1.37. The van der Waals surface area contributed by atoms with Crippen molar-refractivity contribution in [2.45, 2.75) is 13.8 Å². The summed E-state index contributed by atoms with van der Waals surface area (Å²) < 4.78 is 16.2. The van der Waals surface area contributed by atoms with E-state index in [0.717, 1.165) is 22.4 Å². The number of methoxy groups -OCH3 is 1. The van der Waals surface area contributed by atoms with Gasteiger partial charge in [-0.25, -0.2) is 15.0 Å². The van der Waals surface area contributed by atoms with Crippen molar-refractivity contribution in [3.63, 3.8) is 0 Å². The third kappa shape index (κ3) is 5.72. The highest BCUT2D eigenvalue weighted by Crippen LogP contribution is 2.34. The van der Waals surface area contributed by atoms with Gasteiger partial charge in [0.25, 0.3) is 5.91 Å². The van der Waals surface area contributed by atoms with Crippen LogP contribution < -0.4 is 14.8 Å². The zero-order chi connectivity index (χ0) is 23.9. The van der Waals surface area contributed by atoms with E-state index in [4.69, 9.17) is 14.2 Å². The van der Waals surface area contributed by atoms with Crippen molar-refractivity contribution in [1.29, 1.82) is 0 Å². The Morgan fingerprint density at radius 3 is 2.41 bits per heavy atom. The summed E-state index contributed by atoms with van der Waals surface area (Å²) in [6.45, 7) is 4.85. The molecule has 4 aromatic rings. The molecule has 0 unspecified atom stereocenters. The molecule has 34 heavy (non-hydrogen) atoms. The Bertz CT molecular complexity index is 1240. The summed E-state index contributed by atoms with van der Waals surface area (Å²) in [4.78, 5) is 29.4. The van der Waals surface area contributed by atoms with Crippen LogP contribution in [0.3, 0.4) is 0 Å². The van der Waals surface area contributed by atoms with Crippen LogP contribution in [0.25, 0.3) is 11.3 Å². The number of hydrogen-bond acceptors (Lipinski definition) is 9. The van der Waals surface area contributed by atoms with Gasteiger partial charge < -0.3 is 14.2 Å². The molecule has 10 heteroatoms. The second kappa shape index (κ2) is 10.8. The van der Waals surface area contributed by atoms with Gasteiger partial charge in [0.2, 0.25) is 11.8 Å². The lowest BCUT2D eigenvalue weighted by Crippen LogP contribution is -2.11. The van der Waals surface area contributed by atoms with E-state index in [1.165, 1.54) is 23.7 Å². The van der Waals surface area contributed by atoms with E-state index in [-0.39, 0.29) is 5.91 Å². The number of hydrogen-bond donors (Lipinski definition) is 1. The third-order valence-electron chi connectivity index (χ3n) is 4.79. The first-order valence-corrected chi connectivity index (χ1v) is 11.3. The van der Waals surface area contributed by atoms with Crippen molar-refractivity contribution in [2.75, 3.05) is 25.6 Å². The van der Waals surface area contributed by atoms with Crippen molar-refractivity contribution < 1.29 is 19.0 Å². The number of aryl methyl sites for hydroxylation is 2. The molecule has 1 aromatic carbocycles. The van der Waals surface area contributed by atoms with Crippen molar-refractivity contribution in [3.8, 4) is 28.8 Å². The van der Waals surface area contributed by atoms with E-state index in [1.54, 1.807) is 31.6 Å². The summed E-state index contributed by atoms with van der Waals surface area (Å²) in [5.41, 5.74) is 4.27. The molecule has 4 rings (SSSR count). The molecule has 3 aromatic heterocycles. The Hall–Kier alpha value is -3.89. The third-order valence-corrected chi connectivity index (χ3v) is 5.55. The number of amides is 1. The molecule has 0 fully saturated rings. The first-order valence-electron chi connectivity index (χ1n) is 10.4. The lowest BCUT2D eigenvalue weighted by atomic mass is 10.0. The van der Waals surface area contributed by atoms with Crippen LogP contribution in [-0.4, -0.2) is 46.2 Å². The van der Waals surface area contributed by atoms with E-state index in [2.05, 4.69) is 25.3 Å². The molecule has 0 saturated heterocycles. The molecule has 0 saturated carbocycles. The fourth-order valence-corrected chi connectivity index (χ4v) is 3.98. The quantitative estimate of drug-likeness (QED) is 0.346. The number of carbonyl (C=O) groups excluding carboxylic acids is 1. The average Bonchev–Trinajstić information content (AvgIpc) is 3.28. The lowest BCUT2D eigenvalue weighted by molar-refractivity contribution is 0.102. The van der Waals surface area contributed by atoms with Gasteiger partial charge in [-0.15, -0.1) is 11.3 Å². The van der Waals surface area contributed by atoms with Gasteiger partial charge in [-0.1, -0.05) is 0 Å². The topological polar surface area (TPSA) is 108 Å². The fourth-order valence-electron chi connectivity index (χ4n) is 3.29. The van der Waals surface area contributed by atoms with Crippen LogP contribution in [0.2, 0.25) is 0 Å². The number of thiazole rings is 1. The zero-order valence-electron chi connectivity index (χ0n) is 18.9. The Morgan fingerprint density at radius 1 is 1.03 bits per heavy atom. The van der Waals surface area contributed by atoms with Crippen LogP contribution in [0.5, 0.6) is 17.5 Å². The maximum atomic E-state index is 12.4. The van der Waals surface area contributed by atoms with Gasteiger partial charge in [0.05, 0.1) is 24.7 Å². The summed E-state index contributed by atoms with van der Waals surface area (Å²) in [5, 5.41) is 5.28. The smallest absolute Gasteiger partial charge is 0.257 e. The molecule has 3 heterocycles. The predicted octanol–water partition coefficient (Wildman–Crippen LogP) is 4.68. The number of benzene rings is 1. The number of nitrogens with zero attached hydrogens (tertiary/aromatic N) is 4. The monoisotopic (exact) mass is 477 g/mol. The highest BCUT2D eigenvalue weighted by Gasteiger charge is 2.14. The molecular weight excluding hydrogens is 454 g/mol. The predicted molar refractivity (Wildman–Crippen MR) is 129 cm³/mol. The molecule has 0 spiro atoms. The molecule has 9 nitrogen and oxygen atoms in total. The van der Waals surface area contributed by atoms with Crippen LogP contribution >= 0.6 is 11.3 Å². The standard InChI is InChI=1S/C24H23N5O4S/c1-15-10-18(33-21-13-26-20(12-27-21)32-9-8-31-3)11-16(2)22(15)19-14-34-24(28-19)29-23(30)17-4-6-25-7-5-17/h4-7,10-14H,8-9H2,1-3H3,(H,28,29,30). The largest absolute Gasteiger partial charge is 0.474 e. The number of pyridine rings is 1. The van der Waals surface area contributed by atoms with Gasteiger partial charge in [0.15, 0.2) is 5.13 Å². The minimum Gasteiger partial charge on any atom is -0.474 e. The SMILES string of the molecule is COCCOc1cnc(Oc2cc(C)c(-c3csc(NC(=O)c4ccncc4)n3)c(C)c2)cn1. The first kappa shape index (κ1) is 23.3. The van der Waals surface area contributed by atoms with Crippen molar-refractivity contribution in [2.24, 2.45) is 0 Å². The van der Waals surface area contributed by atoms with Gasteiger partial charge in [0, 0.05) is 36.0 Å². The number of anilines is 1. The maximum absolute atomic E-state index is 12.4. The van der Waals surface area contributed by atoms with Crippen molar-refractivity contribution in [1.82, 2.24) is 19.9 Å². The minimum atomic E-state index is -0.225. The minimum absolute atomic E-state index is 0.225. The van der Waals surface area contributed by atoms with E-state index in [9.17, 15) is 4.79 Å². The summed E-state index contributed by atoms with van der Waals surface area (Å²) in [6.07, 6.45) is 6.18. The molecule has 174 valence electrons. The molecule has 1 amide bonds. The van der Waals surface area contributed by atoms with E-state index in [1.807, 2.05) is 31.4 Å². The Labute approximate surface area is 200 Å². The number of nitrogens with one attached hydrogen (secondary N) is 1. The van der Waals surface area contributed by atoms with E-state index >= 15 is 0 Å². The van der Waals surface area contributed by atoms with Gasteiger partial charge >= 0.3 is 0 Å². The van der Waals surface area contributed by atoms with Gasteiger partial charge in [-0.3, -0.25) is 15.1 Å². The van der Waals surface area contributed by atoms with Crippen molar-refractivity contribution >= 4 is 22.4 Å². The molecule has 0 radical (unpaired) electrons. The summed E-state index contributed by atoms with van der Waals surface area (Å²) in [7, 11) is 1.61. The lowest BCUT2D eigenvalue weighted by Gasteiger charge is -2.12. The second-order valence-corrected chi connectivity index (χ2v) is 8.15. The number of carbonyl (C=O) groups is 1. The summed E-state index contributed by atoms with van der Waals surface area (Å²) in [5.74, 6) is 1.18. The number of ether oxygens (including phenoxy) is 3. The summed E-state index contributed by atoms with van der Waals surface area (Å²) in [6, 6.07) is 7.15. The van der Waals surface area contributed by atoms with Crippen LogP contribution in [0.1, 0.15) is 21.5 Å². The normalized spacial score (nSPS) is 10.7. The highest BCUT2D eigenvalue weighted by molar-refractivity contribution is 7.14. The first-order chi connectivity index (χ1) is 16.5. The van der Waals surface area contributed by atoms with Crippen molar-refractivity contribution in [3.05, 3.63) is 71.1 Å². The molecule has 0 bridgehead atoms. The Morgan fingerprint density at radius 2 is 1.74 bits per heavy atom. The fraction of sp³-hybridized carbons (Fsp3) is 0.208. The van der Waals surface area contributed by atoms with E-state index in [0.29, 0.717) is 41.4 Å². The molecular formula is C24H23N5O4S. The van der Waals surface area contributed by atoms with Crippen LogP contribution in [0, 0.1) is 13.8 Å². The van der Waals surface area contributed by atoms with E-state index < -0.39 is 0 Å². The molecule has 0 aliphatic rings. The second-order valence-electron chi connectivity index (χ2n) is 7.30. The van der Waals surface area contributed by atoms with Gasteiger partial charge in [0.1, 0.15) is 12.4 Å². The Kier molecular flexibility index (Phi) is 7.41. The van der Waals surface area contributed by atoms with Crippen LogP contribution in [-0.2, 0) is 4.74 Å². The van der Waals surface area contributed by atoms with Crippen LogP contribution in [0.4, 0.5) is 5.13 Å². The maximum Gasteiger partial charge on any atom is 0.257 e.